The standard InChI is InChI=1S/C23H29FN4O3/c1-26(17-23(30)27(2)15-18-5-3-4-6-21(18)24)16-22(29)25-19-7-9-20(10-8-19)28-11-13-31-14-12-28/h3-10H,11-17H2,1-2H3,(H,25,29). The highest BCUT2D eigenvalue weighted by Gasteiger charge is 2.16. The molecule has 166 valence electrons. The molecule has 0 unspecified atom stereocenters. The summed E-state index contributed by atoms with van der Waals surface area (Å²) in [4.78, 5) is 30.1. The van der Waals surface area contributed by atoms with E-state index in [2.05, 4.69) is 10.2 Å². The lowest BCUT2D eigenvalue weighted by Gasteiger charge is -2.28. The Bertz CT molecular complexity index is 885. The van der Waals surface area contributed by atoms with Crippen LogP contribution in [0.15, 0.2) is 48.5 Å². The van der Waals surface area contributed by atoms with Gasteiger partial charge in [-0.2, -0.15) is 0 Å². The molecule has 1 N–H and O–H groups in total. The molecule has 2 aromatic carbocycles. The van der Waals surface area contributed by atoms with Gasteiger partial charge in [-0.1, -0.05) is 18.2 Å². The normalized spacial score (nSPS) is 13.9. The molecule has 0 spiro atoms. The highest BCUT2D eigenvalue weighted by Crippen LogP contribution is 2.19. The third-order valence-electron chi connectivity index (χ3n) is 5.14. The first-order valence-electron chi connectivity index (χ1n) is 10.3. The fourth-order valence-electron chi connectivity index (χ4n) is 3.40. The molecule has 2 amide bonds. The summed E-state index contributed by atoms with van der Waals surface area (Å²) in [6.07, 6.45) is 0. The first kappa shape index (κ1) is 22.7. The zero-order valence-electron chi connectivity index (χ0n) is 18.0. The Balaban J connectivity index is 1.44. The van der Waals surface area contributed by atoms with Gasteiger partial charge in [0.2, 0.25) is 11.8 Å². The van der Waals surface area contributed by atoms with Crippen LogP contribution in [0.2, 0.25) is 0 Å². The Morgan fingerprint density at radius 3 is 2.39 bits per heavy atom. The lowest BCUT2D eigenvalue weighted by Crippen LogP contribution is -2.39. The Labute approximate surface area is 182 Å². The zero-order chi connectivity index (χ0) is 22.2. The zero-order valence-corrected chi connectivity index (χ0v) is 18.0. The van der Waals surface area contributed by atoms with Gasteiger partial charge in [0.1, 0.15) is 5.82 Å². The summed E-state index contributed by atoms with van der Waals surface area (Å²) < 4.78 is 19.1. The SMILES string of the molecule is CN(CC(=O)Nc1ccc(N2CCOCC2)cc1)CC(=O)N(C)Cc1ccccc1F. The smallest absolute Gasteiger partial charge is 0.238 e. The second-order valence-electron chi connectivity index (χ2n) is 7.71. The molecule has 1 fully saturated rings. The van der Waals surface area contributed by atoms with Gasteiger partial charge in [0.15, 0.2) is 0 Å². The number of hydrogen-bond donors (Lipinski definition) is 1. The molecule has 0 aromatic heterocycles. The van der Waals surface area contributed by atoms with Crippen LogP contribution in [-0.4, -0.2) is 75.1 Å². The lowest BCUT2D eigenvalue weighted by atomic mass is 10.2. The van der Waals surface area contributed by atoms with Gasteiger partial charge in [0.25, 0.3) is 0 Å². The number of nitrogens with zero attached hydrogens (tertiary/aromatic N) is 3. The number of carbonyl (C=O) groups is 2. The van der Waals surface area contributed by atoms with Crippen LogP contribution in [0, 0.1) is 5.82 Å². The van der Waals surface area contributed by atoms with E-state index in [4.69, 9.17) is 4.74 Å². The van der Waals surface area contributed by atoms with Crippen LogP contribution >= 0.6 is 0 Å². The minimum atomic E-state index is -0.338. The highest BCUT2D eigenvalue weighted by atomic mass is 19.1. The molecule has 0 bridgehead atoms. The number of benzene rings is 2. The van der Waals surface area contributed by atoms with Crippen molar-refractivity contribution in [2.75, 3.05) is 63.7 Å². The van der Waals surface area contributed by atoms with Crippen molar-refractivity contribution in [1.29, 1.82) is 0 Å². The van der Waals surface area contributed by atoms with Crippen molar-refractivity contribution in [3.8, 4) is 0 Å². The van der Waals surface area contributed by atoms with Gasteiger partial charge in [-0.25, -0.2) is 4.39 Å². The van der Waals surface area contributed by atoms with E-state index in [9.17, 15) is 14.0 Å². The van der Waals surface area contributed by atoms with E-state index in [1.807, 2.05) is 24.3 Å². The Morgan fingerprint density at radius 2 is 1.71 bits per heavy atom. The minimum absolute atomic E-state index is 0.0638. The van der Waals surface area contributed by atoms with Crippen LogP contribution in [0.3, 0.4) is 0 Å². The molecule has 0 atom stereocenters. The molecular formula is C23H29FN4O3. The topological polar surface area (TPSA) is 65.1 Å². The fourth-order valence-corrected chi connectivity index (χ4v) is 3.40. The van der Waals surface area contributed by atoms with Crippen LogP contribution in [0.4, 0.5) is 15.8 Å². The molecule has 1 aliphatic rings. The Hall–Kier alpha value is -2.97. The molecule has 1 heterocycles. The van der Waals surface area contributed by atoms with Gasteiger partial charge in [-0.05, 0) is 37.4 Å². The van der Waals surface area contributed by atoms with Crippen molar-refractivity contribution >= 4 is 23.2 Å². The van der Waals surface area contributed by atoms with Crippen LogP contribution < -0.4 is 10.2 Å². The van der Waals surface area contributed by atoms with E-state index in [0.29, 0.717) is 11.3 Å². The lowest BCUT2D eigenvalue weighted by molar-refractivity contribution is -0.131. The molecule has 2 aromatic rings. The van der Waals surface area contributed by atoms with Crippen LogP contribution in [-0.2, 0) is 20.9 Å². The number of likely N-dealkylation sites (N-methyl/N-ethyl adjacent to an activating group) is 2. The molecule has 8 heteroatoms. The van der Waals surface area contributed by atoms with Gasteiger partial charge in [-0.15, -0.1) is 0 Å². The van der Waals surface area contributed by atoms with Crippen molar-refractivity contribution in [3.63, 3.8) is 0 Å². The summed E-state index contributed by atoms with van der Waals surface area (Å²) in [5.74, 6) is -0.728. The molecule has 0 aliphatic carbocycles. The largest absolute Gasteiger partial charge is 0.378 e. The van der Waals surface area contributed by atoms with Crippen molar-refractivity contribution in [2.24, 2.45) is 0 Å². The average Bonchev–Trinajstić information content (AvgIpc) is 2.76. The summed E-state index contributed by atoms with van der Waals surface area (Å²) in [5.41, 5.74) is 2.26. The third-order valence-corrected chi connectivity index (χ3v) is 5.14. The predicted molar refractivity (Wildman–Crippen MR) is 118 cm³/mol. The molecular weight excluding hydrogens is 399 g/mol. The fraction of sp³-hybridized carbons (Fsp3) is 0.391. The average molecular weight is 429 g/mol. The van der Waals surface area contributed by atoms with Gasteiger partial charge in [-0.3, -0.25) is 14.5 Å². The molecule has 1 saturated heterocycles. The first-order valence-corrected chi connectivity index (χ1v) is 10.3. The van der Waals surface area contributed by atoms with Crippen LogP contribution in [0.1, 0.15) is 5.56 Å². The number of halogens is 1. The number of carbonyl (C=O) groups excluding carboxylic acids is 2. The summed E-state index contributed by atoms with van der Waals surface area (Å²) in [6, 6.07) is 14.1. The highest BCUT2D eigenvalue weighted by molar-refractivity contribution is 5.92. The number of amides is 2. The second-order valence-corrected chi connectivity index (χ2v) is 7.71. The van der Waals surface area contributed by atoms with E-state index < -0.39 is 0 Å². The predicted octanol–water partition coefficient (Wildman–Crippen LogP) is 2.19. The molecule has 1 aliphatic heterocycles. The van der Waals surface area contributed by atoms with E-state index in [-0.39, 0.29) is 37.3 Å². The Morgan fingerprint density at radius 1 is 1.03 bits per heavy atom. The van der Waals surface area contributed by atoms with Gasteiger partial charge in [0.05, 0.1) is 26.3 Å². The van der Waals surface area contributed by atoms with Crippen molar-refractivity contribution in [3.05, 3.63) is 59.9 Å². The van der Waals surface area contributed by atoms with Crippen LogP contribution in [0.25, 0.3) is 0 Å². The molecule has 0 radical (unpaired) electrons. The van der Waals surface area contributed by atoms with Crippen LogP contribution in [0.5, 0.6) is 0 Å². The van der Waals surface area contributed by atoms with E-state index >= 15 is 0 Å². The van der Waals surface area contributed by atoms with E-state index in [1.54, 1.807) is 37.2 Å². The van der Waals surface area contributed by atoms with Gasteiger partial charge < -0.3 is 19.9 Å². The number of ether oxygens (including phenoxy) is 1. The van der Waals surface area contributed by atoms with Gasteiger partial charge in [0, 0.05) is 43.6 Å². The maximum atomic E-state index is 13.8. The first-order chi connectivity index (χ1) is 14.9. The number of nitrogens with one attached hydrogen (secondary N) is 1. The molecule has 31 heavy (non-hydrogen) atoms. The minimum Gasteiger partial charge on any atom is -0.378 e. The maximum Gasteiger partial charge on any atom is 0.238 e. The molecule has 0 saturated carbocycles. The van der Waals surface area contributed by atoms with Crippen molar-refractivity contribution in [2.45, 2.75) is 6.54 Å². The molecule has 7 nitrogen and oxygen atoms in total. The number of morpholine rings is 1. The van der Waals surface area contributed by atoms with E-state index in [1.165, 1.54) is 11.0 Å². The van der Waals surface area contributed by atoms with Gasteiger partial charge >= 0.3 is 0 Å². The van der Waals surface area contributed by atoms with E-state index in [0.717, 1.165) is 32.0 Å². The second kappa shape index (κ2) is 10.9. The maximum absolute atomic E-state index is 13.8. The third kappa shape index (κ3) is 6.77. The summed E-state index contributed by atoms with van der Waals surface area (Å²) in [5, 5.41) is 2.85. The van der Waals surface area contributed by atoms with Crippen molar-refractivity contribution < 1.29 is 18.7 Å². The number of hydrogen-bond acceptors (Lipinski definition) is 5. The summed E-state index contributed by atoms with van der Waals surface area (Å²) >= 11 is 0. The molecule has 3 rings (SSSR count). The number of anilines is 2. The van der Waals surface area contributed by atoms with Crippen molar-refractivity contribution in [1.82, 2.24) is 9.80 Å². The summed E-state index contributed by atoms with van der Waals surface area (Å²) in [6.45, 7) is 3.48. The number of rotatable bonds is 8. The quantitative estimate of drug-likeness (QED) is 0.698. The summed E-state index contributed by atoms with van der Waals surface area (Å²) in [7, 11) is 3.33. The Kier molecular flexibility index (Phi) is 7.97. The monoisotopic (exact) mass is 428 g/mol.